The van der Waals surface area contributed by atoms with Crippen LogP contribution in [0.1, 0.15) is 20.3 Å². The fourth-order valence-corrected chi connectivity index (χ4v) is 2.65. The van der Waals surface area contributed by atoms with Crippen LogP contribution in [0, 0.1) is 5.92 Å². The zero-order valence-electron chi connectivity index (χ0n) is 14.9. The maximum Gasteiger partial charge on any atom is 0.193 e. The molecule has 24 heavy (non-hydrogen) atoms. The summed E-state index contributed by atoms with van der Waals surface area (Å²) in [5.74, 6) is 2.42. The van der Waals surface area contributed by atoms with Gasteiger partial charge >= 0.3 is 0 Å². The van der Waals surface area contributed by atoms with Crippen molar-refractivity contribution in [3.8, 4) is 5.75 Å². The molecule has 1 aromatic carbocycles. The van der Waals surface area contributed by atoms with Crippen molar-refractivity contribution in [1.82, 2.24) is 10.2 Å². The number of nitrogens with zero attached hydrogens (tertiary/aromatic N) is 2. The normalized spacial score (nSPS) is 18.6. The third kappa shape index (κ3) is 7.25. The van der Waals surface area contributed by atoms with Crippen molar-refractivity contribution in [2.24, 2.45) is 10.9 Å². The van der Waals surface area contributed by atoms with Crippen LogP contribution in [-0.4, -0.2) is 56.9 Å². The van der Waals surface area contributed by atoms with Gasteiger partial charge in [-0.05, 0) is 32.4 Å². The van der Waals surface area contributed by atoms with Crippen molar-refractivity contribution in [2.75, 3.05) is 39.9 Å². The van der Waals surface area contributed by atoms with Crippen molar-refractivity contribution in [1.29, 1.82) is 0 Å². The summed E-state index contributed by atoms with van der Waals surface area (Å²) in [6, 6.07) is 9.88. The van der Waals surface area contributed by atoms with Crippen LogP contribution in [0.4, 0.5) is 0 Å². The van der Waals surface area contributed by atoms with Crippen LogP contribution in [0.15, 0.2) is 35.3 Å². The summed E-state index contributed by atoms with van der Waals surface area (Å²) < 4.78 is 11.3. The molecule has 1 saturated heterocycles. The zero-order chi connectivity index (χ0) is 16.5. The van der Waals surface area contributed by atoms with E-state index >= 15 is 0 Å². The van der Waals surface area contributed by atoms with Crippen LogP contribution in [0.5, 0.6) is 5.75 Å². The van der Waals surface area contributed by atoms with Gasteiger partial charge in [0.25, 0.3) is 0 Å². The summed E-state index contributed by atoms with van der Waals surface area (Å²) in [5, 5.41) is 3.36. The number of nitrogens with one attached hydrogen (secondary N) is 1. The summed E-state index contributed by atoms with van der Waals surface area (Å²) in [6.07, 6.45) is 1.17. The number of halogens is 1. The number of rotatable bonds is 7. The predicted octanol–water partition coefficient (Wildman–Crippen LogP) is 3.01. The Labute approximate surface area is 162 Å². The minimum atomic E-state index is 0. The van der Waals surface area contributed by atoms with Gasteiger partial charge in [-0.2, -0.15) is 0 Å². The van der Waals surface area contributed by atoms with E-state index in [1.54, 1.807) is 0 Å². The standard InChI is InChI=1S/C18H29N3O2.HI/c1-4-19-18(21(3)13-16-10-11-22-14-16)20-12-15(2)23-17-8-6-5-7-9-17;/h5-9,15-16H,4,10-14H2,1-3H3,(H,19,20);1H. The Kier molecular flexibility index (Phi) is 10.1. The molecule has 0 aliphatic carbocycles. The third-order valence-electron chi connectivity index (χ3n) is 3.83. The Morgan fingerprint density at radius 1 is 1.42 bits per heavy atom. The Balaban J connectivity index is 0.00000288. The van der Waals surface area contributed by atoms with E-state index in [0.29, 0.717) is 12.5 Å². The van der Waals surface area contributed by atoms with Crippen LogP contribution < -0.4 is 10.1 Å². The molecule has 2 rings (SSSR count). The van der Waals surface area contributed by atoms with Crippen molar-refractivity contribution < 1.29 is 9.47 Å². The van der Waals surface area contributed by atoms with Crippen LogP contribution in [0.25, 0.3) is 0 Å². The van der Waals surface area contributed by atoms with Crippen LogP contribution in [0.2, 0.25) is 0 Å². The van der Waals surface area contributed by atoms with Crippen molar-refractivity contribution >= 4 is 29.9 Å². The van der Waals surface area contributed by atoms with Gasteiger partial charge in [0.15, 0.2) is 5.96 Å². The topological polar surface area (TPSA) is 46.1 Å². The van der Waals surface area contributed by atoms with Gasteiger partial charge in [-0.1, -0.05) is 18.2 Å². The number of para-hydroxylation sites is 1. The maximum atomic E-state index is 5.88. The molecule has 2 atom stereocenters. The Bertz CT molecular complexity index is 478. The van der Waals surface area contributed by atoms with Crippen molar-refractivity contribution in [3.63, 3.8) is 0 Å². The molecule has 0 amide bonds. The van der Waals surface area contributed by atoms with Crippen molar-refractivity contribution in [3.05, 3.63) is 30.3 Å². The van der Waals surface area contributed by atoms with Gasteiger partial charge in [-0.3, -0.25) is 0 Å². The van der Waals surface area contributed by atoms with Gasteiger partial charge in [0, 0.05) is 32.7 Å². The Morgan fingerprint density at radius 2 is 2.17 bits per heavy atom. The van der Waals surface area contributed by atoms with E-state index in [-0.39, 0.29) is 30.1 Å². The number of aliphatic imine (C=N–C) groups is 1. The van der Waals surface area contributed by atoms with Gasteiger partial charge in [0.05, 0.1) is 13.2 Å². The highest BCUT2D eigenvalue weighted by atomic mass is 127. The maximum absolute atomic E-state index is 5.88. The zero-order valence-corrected chi connectivity index (χ0v) is 17.2. The Hall–Kier alpha value is -1.02. The van der Waals surface area contributed by atoms with E-state index in [9.17, 15) is 0 Å². The molecular formula is C18H30IN3O2. The van der Waals surface area contributed by atoms with Crippen LogP contribution in [-0.2, 0) is 4.74 Å². The van der Waals surface area contributed by atoms with E-state index in [0.717, 1.165) is 44.4 Å². The first kappa shape index (κ1) is 21.0. The first-order valence-electron chi connectivity index (χ1n) is 8.48. The minimum absolute atomic E-state index is 0. The number of guanidine groups is 1. The third-order valence-corrected chi connectivity index (χ3v) is 3.83. The van der Waals surface area contributed by atoms with E-state index in [1.807, 2.05) is 37.3 Å². The molecular weight excluding hydrogens is 417 g/mol. The average Bonchev–Trinajstić information content (AvgIpc) is 3.05. The lowest BCUT2D eigenvalue weighted by molar-refractivity contribution is 0.181. The van der Waals surface area contributed by atoms with Crippen LogP contribution >= 0.6 is 24.0 Å². The molecule has 136 valence electrons. The quantitative estimate of drug-likeness (QED) is 0.397. The van der Waals surface area contributed by atoms with E-state index in [2.05, 4.69) is 24.2 Å². The average molecular weight is 447 g/mol. The molecule has 1 aliphatic rings. The second-order valence-electron chi connectivity index (χ2n) is 6.05. The molecule has 0 spiro atoms. The summed E-state index contributed by atoms with van der Waals surface area (Å²) in [4.78, 5) is 6.91. The first-order chi connectivity index (χ1) is 11.2. The van der Waals surface area contributed by atoms with E-state index in [4.69, 9.17) is 14.5 Å². The smallest absolute Gasteiger partial charge is 0.193 e. The number of hydrogen-bond donors (Lipinski definition) is 1. The lowest BCUT2D eigenvalue weighted by atomic mass is 10.1. The molecule has 6 heteroatoms. The molecule has 0 aromatic heterocycles. The van der Waals surface area contributed by atoms with Gasteiger partial charge in [0.2, 0.25) is 0 Å². The lowest BCUT2D eigenvalue weighted by Crippen LogP contribution is -2.42. The molecule has 1 aromatic rings. The monoisotopic (exact) mass is 447 g/mol. The molecule has 0 saturated carbocycles. The van der Waals surface area contributed by atoms with E-state index in [1.165, 1.54) is 0 Å². The highest BCUT2D eigenvalue weighted by Gasteiger charge is 2.19. The van der Waals surface area contributed by atoms with Crippen LogP contribution in [0.3, 0.4) is 0 Å². The van der Waals surface area contributed by atoms with Gasteiger partial charge in [0.1, 0.15) is 11.9 Å². The lowest BCUT2D eigenvalue weighted by Gasteiger charge is -2.25. The largest absolute Gasteiger partial charge is 0.489 e. The number of benzene rings is 1. The number of ether oxygens (including phenoxy) is 2. The van der Waals surface area contributed by atoms with Crippen molar-refractivity contribution in [2.45, 2.75) is 26.4 Å². The van der Waals surface area contributed by atoms with Gasteiger partial charge in [-0.25, -0.2) is 4.99 Å². The second-order valence-corrected chi connectivity index (χ2v) is 6.05. The molecule has 0 radical (unpaired) electrons. The first-order valence-corrected chi connectivity index (χ1v) is 8.48. The van der Waals surface area contributed by atoms with Gasteiger partial charge in [-0.15, -0.1) is 24.0 Å². The Morgan fingerprint density at radius 3 is 2.79 bits per heavy atom. The molecule has 1 fully saturated rings. The molecule has 1 N–H and O–H groups in total. The fourth-order valence-electron chi connectivity index (χ4n) is 2.65. The van der Waals surface area contributed by atoms with Gasteiger partial charge < -0.3 is 19.7 Å². The summed E-state index contributed by atoms with van der Waals surface area (Å²) in [7, 11) is 2.09. The molecule has 1 heterocycles. The molecule has 0 bridgehead atoms. The SMILES string of the molecule is CCNC(=NCC(C)Oc1ccccc1)N(C)CC1CCOC1.I. The molecule has 2 unspecified atom stereocenters. The second kappa shape index (κ2) is 11.5. The van der Waals surface area contributed by atoms with E-state index < -0.39 is 0 Å². The molecule has 5 nitrogen and oxygen atoms in total. The fraction of sp³-hybridized carbons (Fsp3) is 0.611. The molecule has 1 aliphatic heterocycles. The number of hydrogen-bond acceptors (Lipinski definition) is 3. The summed E-state index contributed by atoms with van der Waals surface area (Å²) in [5.41, 5.74) is 0. The summed E-state index contributed by atoms with van der Waals surface area (Å²) in [6.45, 7) is 8.34. The highest BCUT2D eigenvalue weighted by Crippen LogP contribution is 2.13. The summed E-state index contributed by atoms with van der Waals surface area (Å²) >= 11 is 0. The highest BCUT2D eigenvalue weighted by molar-refractivity contribution is 14.0. The predicted molar refractivity (Wildman–Crippen MR) is 109 cm³/mol. The minimum Gasteiger partial charge on any atom is -0.489 e.